The molecule has 0 bridgehead atoms. The van der Waals surface area contributed by atoms with Crippen LogP contribution in [0.15, 0.2) is 37.9 Å². The van der Waals surface area contributed by atoms with Gasteiger partial charge in [-0.3, -0.25) is 4.79 Å². The van der Waals surface area contributed by atoms with Crippen LogP contribution in [0.2, 0.25) is 0 Å². The number of hydrogen-bond donors (Lipinski definition) is 1. The summed E-state index contributed by atoms with van der Waals surface area (Å²) in [6.45, 7) is 0.539. The first kappa shape index (κ1) is 14.6. The monoisotopic (exact) mass is 403 g/mol. The first-order valence-electron chi connectivity index (χ1n) is 5.44. The van der Waals surface area contributed by atoms with E-state index in [4.69, 9.17) is 0 Å². The van der Waals surface area contributed by atoms with E-state index < -0.39 is 0 Å². The van der Waals surface area contributed by atoms with Gasteiger partial charge in [0.15, 0.2) is 0 Å². The van der Waals surface area contributed by atoms with Crippen molar-refractivity contribution in [2.24, 2.45) is 0 Å². The van der Waals surface area contributed by atoms with Crippen LogP contribution in [0.4, 0.5) is 0 Å². The molecule has 0 atom stereocenters. The van der Waals surface area contributed by atoms with Crippen LogP contribution in [0.1, 0.15) is 15.9 Å². The van der Waals surface area contributed by atoms with E-state index >= 15 is 0 Å². The van der Waals surface area contributed by atoms with Gasteiger partial charge >= 0.3 is 0 Å². The SMILES string of the molecule is CN(Cc1csc(Br)c1)C(=O)c1ccc(Br)c(O)c1. The summed E-state index contributed by atoms with van der Waals surface area (Å²) in [4.78, 5) is 13.8. The fourth-order valence-electron chi connectivity index (χ4n) is 1.64. The molecular formula is C13H11Br2NO2S. The zero-order valence-electron chi connectivity index (χ0n) is 10.1. The predicted molar refractivity (Wildman–Crippen MR) is 83.6 cm³/mol. The minimum absolute atomic E-state index is 0.0672. The average Bonchev–Trinajstić information content (AvgIpc) is 2.77. The molecule has 3 nitrogen and oxygen atoms in total. The zero-order chi connectivity index (χ0) is 14.0. The number of benzene rings is 1. The van der Waals surface area contributed by atoms with Gasteiger partial charge in [0, 0.05) is 19.2 Å². The van der Waals surface area contributed by atoms with Crippen molar-refractivity contribution in [3.05, 3.63) is 49.0 Å². The number of hydrogen-bond acceptors (Lipinski definition) is 3. The van der Waals surface area contributed by atoms with Crippen molar-refractivity contribution in [3.63, 3.8) is 0 Å². The zero-order valence-corrected chi connectivity index (χ0v) is 14.0. The quantitative estimate of drug-likeness (QED) is 0.830. The number of rotatable bonds is 3. The van der Waals surface area contributed by atoms with Crippen molar-refractivity contribution >= 4 is 49.1 Å². The lowest BCUT2D eigenvalue weighted by atomic mass is 10.2. The molecule has 1 heterocycles. The third-order valence-corrected chi connectivity index (χ3v) is 4.81. The van der Waals surface area contributed by atoms with Gasteiger partial charge in [0.25, 0.3) is 5.91 Å². The minimum Gasteiger partial charge on any atom is -0.507 e. The molecule has 19 heavy (non-hydrogen) atoms. The van der Waals surface area contributed by atoms with Crippen LogP contribution in [0.5, 0.6) is 5.75 Å². The van der Waals surface area contributed by atoms with Crippen LogP contribution in [-0.2, 0) is 6.54 Å². The molecule has 0 aliphatic carbocycles. The van der Waals surface area contributed by atoms with Gasteiger partial charge in [-0.2, -0.15) is 0 Å². The number of phenols is 1. The summed E-state index contributed by atoms with van der Waals surface area (Å²) in [6.07, 6.45) is 0. The van der Waals surface area contributed by atoms with Gasteiger partial charge in [-0.05, 0) is 67.1 Å². The Labute approximate surface area is 132 Å². The third-order valence-electron chi connectivity index (χ3n) is 2.58. The van der Waals surface area contributed by atoms with Crippen molar-refractivity contribution in [3.8, 4) is 5.75 Å². The number of nitrogens with zero attached hydrogens (tertiary/aromatic N) is 1. The predicted octanol–water partition coefficient (Wildman–Crippen LogP) is 4.25. The maximum Gasteiger partial charge on any atom is 0.254 e. The molecule has 0 spiro atoms. The molecule has 0 unspecified atom stereocenters. The van der Waals surface area contributed by atoms with E-state index in [1.807, 2.05) is 11.4 Å². The highest BCUT2D eigenvalue weighted by atomic mass is 79.9. The lowest BCUT2D eigenvalue weighted by Crippen LogP contribution is -2.25. The lowest BCUT2D eigenvalue weighted by molar-refractivity contribution is 0.0785. The number of amides is 1. The molecule has 2 rings (SSSR count). The lowest BCUT2D eigenvalue weighted by Gasteiger charge is -2.16. The first-order valence-corrected chi connectivity index (χ1v) is 7.91. The summed E-state index contributed by atoms with van der Waals surface area (Å²) < 4.78 is 1.62. The summed E-state index contributed by atoms with van der Waals surface area (Å²) in [6, 6.07) is 6.81. The van der Waals surface area contributed by atoms with E-state index in [9.17, 15) is 9.90 Å². The minimum atomic E-state index is -0.120. The summed E-state index contributed by atoms with van der Waals surface area (Å²) >= 11 is 8.18. The standard InChI is InChI=1S/C13H11Br2NO2S/c1-16(6-8-4-12(15)19-7-8)13(18)9-2-3-10(14)11(17)5-9/h2-5,7,17H,6H2,1H3. The molecule has 0 aliphatic rings. The van der Waals surface area contributed by atoms with Gasteiger partial charge in [0.2, 0.25) is 0 Å². The van der Waals surface area contributed by atoms with E-state index in [0.717, 1.165) is 9.35 Å². The van der Waals surface area contributed by atoms with Crippen molar-refractivity contribution < 1.29 is 9.90 Å². The fraction of sp³-hybridized carbons (Fsp3) is 0.154. The topological polar surface area (TPSA) is 40.5 Å². The number of carbonyl (C=O) groups is 1. The van der Waals surface area contributed by atoms with E-state index in [2.05, 4.69) is 31.9 Å². The van der Waals surface area contributed by atoms with Crippen LogP contribution in [0.3, 0.4) is 0 Å². The molecule has 1 aromatic carbocycles. The Balaban J connectivity index is 2.12. The maximum atomic E-state index is 12.2. The second-order valence-electron chi connectivity index (χ2n) is 4.09. The van der Waals surface area contributed by atoms with Crippen LogP contribution in [-0.4, -0.2) is 23.0 Å². The largest absolute Gasteiger partial charge is 0.507 e. The summed E-state index contributed by atoms with van der Waals surface area (Å²) in [5.74, 6) is -0.0531. The summed E-state index contributed by atoms with van der Waals surface area (Å²) in [5.41, 5.74) is 1.55. The smallest absolute Gasteiger partial charge is 0.254 e. The summed E-state index contributed by atoms with van der Waals surface area (Å²) in [7, 11) is 1.74. The molecule has 1 amide bonds. The third kappa shape index (κ3) is 3.58. The number of carbonyl (C=O) groups excluding carboxylic acids is 1. The number of thiophene rings is 1. The van der Waals surface area contributed by atoms with Gasteiger partial charge in [-0.1, -0.05) is 0 Å². The Morgan fingerprint density at radius 1 is 1.37 bits per heavy atom. The van der Waals surface area contributed by atoms with E-state index in [1.165, 1.54) is 6.07 Å². The highest BCUT2D eigenvalue weighted by Crippen LogP contribution is 2.25. The van der Waals surface area contributed by atoms with Crippen LogP contribution < -0.4 is 0 Å². The Bertz CT molecular complexity index is 612. The Hall–Kier alpha value is -0.850. The normalized spacial score (nSPS) is 10.5. The van der Waals surface area contributed by atoms with Gasteiger partial charge in [0.1, 0.15) is 5.75 Å². The number of aromatic hydroxyl groups is 1. The van der Waals surface area contributed by atoms with Gasteiger partial charge in [-0.15, -0.1) is 11.3 Å². The Morgan fingerprint density at radius 3 is 2.68 bits per heavy atom. The summed E-state index contributed by atoms with van der Waals surface area (Å²) in [5, 5.41) is 11.6. The average molecular weight is 405 g/mol. The van der Waals surface area contributed by atoms with Crippen molar-refractivity contribution in [2.45, 2.75) is 6.54 Å². The van der Waals surface area contributed by atoms with Crippen molar-refractivity contribution in [2.75, 3.05) is 7.05 Å². The van der Waals surface area contributed by atoms with Crippen LogP contribution in [0.25, 0.3) is 0 Å². The molecule has 0 aliphatic heterocycles. The van der Waals surface area contributed by atoms with Gasteiger partial charge in [0.05, 0.1) is 8.26 Å². The second kappa shape index (κ2) is 6.07. The van der Waals surface area contributed by atoms with Crippen molar-refractivity contribution in [1.29, 1.82) is 0 Å². The Morgan fingerprint density at radius 2 is 2.11 bits per heavy atom. The first-order chi connectivity index (χ1) is 8.97. The Kier molecular flexibility index (Phi) is 4.65. The molecule has 0 saturated heterocycles. The van der Waals surface area contributed by atoms with Crippen LogP contribution >= 0.6 is 43.2 Å². The number of halogens is 2. The van der Waals surface area contributed by atoms with Gasteiger partial charge < -0.3 is 10.0 Å². The maximum absolute atomic E-state index is 12.2. The molecule has 1 aromatic heterocycles. The molecule has 100 valence electrons. The molecule has 0 fully saturated rings. The van der Waals surface area contributed by atoms with E-state index in [1.54, 1.807) is 35.4 Å². The molecule has 1 N–H and O–H groups in total. The highest BCUT2D eigenvalue weighted by Gasteiger charge is 2.14. The molecule has 0 radical (unpaired) electrons. The highest BCUT2D eigenvalue weighted by molar-refractivity contribution is 9.11. The van der Waals surface area contributed by atoms with Crippen molar-refractivity contribution in [1.82, 2.24) is 4.90 Å². The van der Waals surface area contributed by atoms with E-state index in [0.29, 0.717) is 16.6 Å². The van der Waals surface area contributed by atoms with E-state index in [-0.39, 0.29) is 11.7 Å². The molecular weight excluding hydrogens is 394 g/mol. The second-order valence-corrected chi connectivity index (χ2v) is 7.23. The molecule has 0 saturated carbocycles. The molecule has 2 aromatic rings. The van der Waals surface area contributed by atoms with Crippen LogP contribution in [0, 0.1) is 0 Å². The number of phenolic OH excluding ortho intramolecular Hbond substituents is 1. The fourth-order valence-corrected chi connectivity index (χ4v) is 3.09. The molecule has 6 heteroatoms. The van der Waals surface area contributed by atoms with Gasteiger partial charge in [-0.25, -0.2) is 0 Å².